The van der Waals surface area contributed by atoms with Gasteiger partial charge in [0.2, 0.25) is 0 Å². The van der Waals surface area contributed by atoms with Gasteiger partial charge in [-0.05, 0) is 42.0 Å². The summed E-state index contributed by atoms with van der Waals surface area (Å²) < 4.78 is 25.5. The molecular formula is C15H13FN3O3P. The van der Waals surface area contributed by atoms with Gasteiger partial charge in [-0.25, -0.2) is 9.07 Å². The fourth-order valence-corrected chi connectivity index (χ4v) is 2.85. The topological polar surface area (TPSA) is 88.2 Å². The summed E-state index contributed by atoms with van der Waals surface area (Å²) in [7, 11) is -4.13. The van der Waals surface area contributed by atoms with Gasteiger partial charge in [0.25, 0.3) is 0 Å². The van der Waals surface area contributed by atoms with Crippen molar-refractivity contribution in [3.05, 3.63) is 66.1 Å². The molecule has 118 valence electrons. The van der Waals surface area contributed by atoms with Crippen LogP contribution >= 0.6 is 7.60 Å². The van der Waals surface area contributed by atoms with E-state index >= 15 is 0 Å². The Balaban J connectivity index is 1.90. The fourth-order valence-electron chi connectivity index (χ4n) is 2.18. The molecule has 3 rings (SSSR count). The van der Waals surface area contributed by atoms with Crippen molar-refractivity contribution < 1.29 is 18.7 Å². The molecular weight excluding hydrogens is 320 g/mol. The minimum atomic E-state index is -4.13. The summed E-state index contributed by atoms with van der Waals surface area (Å²) in [5.74, 6) is -0.328. The number of halogens is 1. The zero-order chi connectivity index (χ0) is 16.4. The molecule has 2 N–H and O–H groups in total. The summed E-state index contributed by atoms with van der Waals surface area (Å²) >= 11 is 0. The first kappa shape index (κ1) is 15.6. The van der Waals surface area contributed by atoms with Crippen molar-refractivity contribution in [2.24, 2.45) is 0 Å². The lowest BCUT2D eigenvalue weighted by atomic mass is 10.2. The lowest BCUT2D eigenvalue weighted by Gasteiger charge is -2.06. The third kappa shape index (κ3) is 3.90. The first-order valence-corrected chi connectivity index (χ1v) is 8.53. The minimum Gasteiger partial charge on any atom is -0.324 e. The van der Waals surface area contributed by atoms with Crippen LogP contribution in [0.25, 0.3) is 16.9 Å². The summed E-state index contributed by atoms with van der Waals surface area (Å²) in [6, 6.07) is 12.6. The molecule has 0 aliphatic carbocycles. The van der Waals surface area contributed by atoms with Gasteiger partial charge < -0.3 is 9.79 Å². The lowest BCUT2D eigenvalue weighted by molar-refractivity contribution is 0.371. The molecule has 23 heavy (non-hydrogen) atoms. The number of hydrogen-bond acceptors (Lipinski definition) is 3. The summed E-state index contributed by atoms with van der Waals surface area (Å²) in [6.07, 6.45) is 1.34. The smallest absolute Gasteiger partial charge is 0.324 e. The average Bonchev–Trinajstić information content (AvgIpc) is 2.96. The maximum atomic E-state index is 12.9. The van der Waals surface area contributed by atoms with Gasteiger partial charge in [0.1, 0.15) is 11.5 Å². The number of nitrogens with zero attached hydrogens (tertiary/aromatic N) is 3. The van der Waals surface area contributed by atoms with Gasteiger partial charge in [0.05, 0.1) is 18.0 Å². The van der Waals surface area contributed by atoms with Crippen molar-refractivity contribution in [2.75, 3.05) is 0 Å². The molecule has 0 aliphatic heterocycles. The van der Waals surface area contributed by atoms with Crippen LogP contribution in [-0.2, 0) is 10.7 Å². The third-order valence-corrected chi connectivity index (χ3v) is 3.97. The Bertz CT molecular complexity index is 874. The Kier molecular flexibility index (Phi) is 4.09. The molecule has 6 nitrogen and oxygen atoms in total. The van der Waals surface area contributed by atoms with Gasteiger partial charge in [-0.3, -0.25) is 4.57 Å². The molecule has 0 spiro atoms. The normalized spacial score (nSPS) is 11.6. The van der Waals surface area contributed by atoms with Crippen molar-refractivity contribution in [1.82, 2.24) is 15.0 Å². The van der Waals surface area contributed by atoms with Crippen molar-refractivity contribution in [2.45, 2.75) is 6.16 Å². The second-order valence-electron chi connectivity index (χ2n) is 5.05. The van der Waals surface area contributed by atoms with Crippen LogP contribution in [0.4, 0.5) is 4.39 Å². The van der Waals surface area contributed by atoms with Gasteiger partial charge in [0.15, 0.2) is 0 Å². The Labute approximate surface area is 131 Å². The van der Waals surface area contributed by atoms with E-state index in [0.29, 0.717) is 16.9 Å². The van der Waals surface area contributed by atoms with E-state index in [1.165, 1.54) is 16.8 Å². The predicted molar refractivity (Wildman–Crippen MR) is 82.5 cm³/mol. The van der Waals surface area contributed by atoms with E-state index in [-0.39, 0.29) is 12.0 Å². The van der Waals surface area contributed by atoms with Crippen LogP contribution in [0.15, 0.2) is 54.7 Å². The largest absolute Gasteiger partial charge is 0.329 e. The van der Waals surface area contributed by atoms with Crippen LogP contribution in [0.1, 0.15) is 5.56 Å². The molecule has 0 aliphatic rings. The molecule has 0 fully saturated rings. The Hall–Kier alpha value is -2.34. The minimum absolute atomic E-state index is 0.328. The molecule has 3 aromatic rings. The number of rotatable bonds is 4. The van der Waals surface area contributed by atoms with Crippen molar-refractivity contribution in [3.63, 3.8) is 0 Å². The van der Waals surface area contributed by atoms with Gasteiger partial charge in [-0.2, -0.15) is 0 Å². The van der Waals surface area contributed by atoms with E-state index in [2.05, 4.69) is 10.3 Å². The molecule has 1 heterocycles. The second kappa shape index (κ2) is 6.04. The SMILES string of the molecule is O=P(O)(O)Cc1cccc(-n2cc(-c3ccc(F)cc3)nn2)c1. The zero-order valence-electron chi connectivity index (χ0n) is 11.9. The van der Waals surface area contributed by atoms with Crippen LogP contribution in [0.3, 0.4) is 0 Å². The molecule has 8 heteroatoms. The highest BCUT2D eigenvalue weighted by atomic mass is 31.2. The average molecular weight is 333 g/mol. The van der Waals surface area contributed by atoms with Gasteiger partial charge in [-0.15, -0.1) is 5.10 Å². The van der Waals surface area contributed by atoms with E-state index in [0.717, 1.165) is 5.56 Å². The first-order chi connectivity index (χ1) is 10.9. The molecule has 0 saturated carbocycles. The Morgan fingerprint density at radius 3 is 2.57 bits per heavy atom. The van der Waals surface area contributed by atoms with E-state index in [1.807, 2.05) is 0 Å². The van der Waals surface area contributed by atoms with Crippen LogP contribution in [0.5, 0.6) is 0 Å². The van der Waals surface area contributed by atoms with E-state index in [4.69, 9.17) is 9.79 Å². The number of benzene rings is 2. The van der Waals surface area contributed by atoms with E-state index in [9.17, 15) is 8.96 Å². The molecule has 1 aromatic heterocycles. The molecule has 0 radical (unpaired) electrons. The van der Waals surface area contributed by atoms with Gasteiger partial charge in [-0.1, -0.05) is 17.3 Å². The number of aromatic nitrogens is 3. The summed E-state index contributed by atoms with van der Waals surface area (Å²) in [5.41, 5.74) is 2.45. The summed E-state index contributed by atoms with van der Waals surface area (Å²) in [4.78, 5) is 18.1. The van der Waals surface area contributed by atoms with Crippen LogP contribution < -0.4 is 0 Å². The maximum absolute atomic E-state index is 12.9. The molecule has 0 unspecified atom stereocenters. The molecule has 2 aromatic carbocycles. The zero-order valence-corrected chi connectivity index (χ0v) is 12.8. The predicted octanol–water partition coefficient (Wildman–Crippen LogP) is 2.75. The monoisotopic (exact) mass is 333 g/mol. The van der Waals surface area contributed by atoms with Gasteiger partial charge >= 0.3 is 7.60 Å². The second-order valence-corrected chi connectivity index (χ2v) is 6.69. The third-order valence-electron chi connectivity index (χ3n) is 3.20. The highest BCUT2D eigenvalue weighted by Gasteiger charge is 2.14. The quantitative estimate of drug-likeness (QED) is 0.717. The van der Waals surface area contributed by atoms with Crippen LogP contribution in [-0.4, -0.2) is 24.8 Å². The van der Waals surface area contributed by atoms with Crippen molar-refractivity contribution in [1.29, 1.82) is 0 Å². The summed E-state index contributed by atoms with van der Waals surface area (Å²) in [5, 5.41) is 8.04. The molecule has 0 bridgehead atoms. The highest BCUT2D eigenvalue weighted by molar-refractivity contribution is 7.50. The maximum Gasteiger partial charge on any atom is 0.329 e. The first-order valence-electron chi connectivity index (χ1n) is 6.73. The molecule has 0 atom stereocenters. The van der Waals surface area contributed by atoms with Crippen molar-refractivity contribution >= 4 is 7.60 Å². The van der Waals surface area contributed by atoms with Crippen LogP contribution in [0.2, 0.25) is 0 Å². The highest BCUT2D eigenvalue weighted by Crippen LogP contribution is 2.39. The standard InChI is InChI=1S/C15H13FN3O3P/c16-13-6-4-12(5-7-13)15-9-19(18-17-15)14-3-1-2-11(8-14)10-23(20,21)22/h1-9H,10H2,(H2,20,21,22). The molecule has 0 saturated heterocycles. The van der Waals surface area contributed by atoms with Crippen LogP contribution in [0, 0.1) is 5.82 Å². The lowest BCUT2D eigenvalue weighted by Crippen LogP contribution is -1.96. The number of hydrogen-bond donors (Lipinski definition) is 2. The Morgan fingerprint density at radius 2 is 1.87 bits per heavy atom. The van der Waals surface area contributed by atoms with Crippen molar-refractivity contribution in [3.8, 4) is 16.9 Å². The fraction of sp³-hybridized carbons (Fsp3) is 0.0667. The Morgan fingerprint density at radius 1 is 1.13 bits per heavy atom. The van der Waals surface area contributed by atoms with E-state index < -0.39 is 7.60 Å². The molecule has 0 amide bonds. The van der Waals surface area contributed by atoms with Gasteiger partial charge in [0, 0.05) is 5.56 Å². The van der Waals surface area contributed by atoms with E-state index in [1.54, 1.807) is 42.6 Å². The summed E-state index contributed by atoms with van der Waals surface area (Å²) in [6.45, 7) is 0.